The number of ether oxygens (including phenoxy) is 2. The molecule has 6 nitrogen and oxygen atoms in total. The Labute approximate surface area is 162 Å². The van der Waals surface area contributed by atoms with Crippen LogP contribution in [-0.4, -0.2) is 49.1 Å². The van der Waals surface area contributed by atoms with Gasteiger partial charge in [-0.05, 0) is 62.8 Å². The summed E-state index contributed by atoms with van der Waals surface area (Å²) in [6, 6.07) is 7.05. The Morgan fingerprint density at radius 1 is 1.15 bits per heavy atom. The highest BCUT2D eigenvalue weighted by Gasteiger charge is 2.33. The van der Waals surface area contributed by atoms with Gasteiger partial charge in [0.15, 0.2) is 6.61 Å². The molecule has 2 rings (SSSR count). The summed E-state index contributed by atoms with van der Waals surface area (Å²) in [5, 5.41) is 2.89. The molecule has 0 unspecified atom stereocenters. The first-order valence-corrected chi connectivity index (χ1v) is 9.71. The Morgan fingerprint density at radius 2 is 1.78 bits per heavy atom. The number of hydrogen-bond donors (Lipinski definition) is 1. The summed E-state index contributed by atoms with van der Waals surface area (Å²) in [6.07, 6.45) is 3.96. The van der Waals surface area contributed by atoms with Crippen LogP contribution in [0.4, 0.5) is 5.69 Å². The first-order chi connectivity index (χ1) is 12.8. The molecule has 1 atom stereocenters. The lowest BCUT2D eigenvalue weighted by molar-refractivity contribution is -0.137. The molecule has 1 aromatic carbocycles. The molecule has 0 spiro atoms. The van der Waals surface area contributed by atoms with E-state index in [1.165, 1.54) is 6.42 Å². The number of anilines is 1. The van der Waals surface area contributed by atoms with Crippen LogP contribution in [0.5, 0.6) is 5.75 Å². The van der Waals surface area contributed by atoms with E-state index in [0.29, 0.717) is 23.8 Å². The van der Waals surface area contributed by atoms with Gasteiger partial charge in [0.2, 0.25) is 0 Å². The smallest absolute Gasteiger partial charge is 0.260 e. The molecule has 1 N–H and O–H groups in total. The minimum absolute atomic E-state index is 0.0247. The maximum absolute atomic E-state index is 12.6. The molecule has 1 aromatic rings. The summed E-state index contributed by atoms with van der Waals surface area (Å²) in [5.41, 5.74) is -0.203. The average molecular weight is 376 g/mol. The Kier molecular flexibility index (Phi) is 7.66. The van der Waals surface area contributed by atoms with Crippen molar-refractivity contribution in [2.75, 3.05) is 32.1 Å². The second kappa shape index (κ2) is 9.74. The van der Waals surface area contributed by atoms with Gasteiger partial charge in [-0.2, -0.15) is 0 Å². The summed E-state index contributed by atoms with van der Waals surface area (Å²) in [5.74, 6) is 0.799. The monoisotopic (exact) mass is 376 g/mol. The van der Waals surface area contributed by atoms with Crippen molar-refractivity contribution < 1.29 is 19.1 Å². The van der Waals surface area contributed by atoms with Crippen molar-refractivity contribution in [3.8, 4) is 5.75 Å². The number of rotatable bonds is 8. The zero-order valence-electron chi connectivity index (χ0n) is 16.9. The minimum Gasteiger partial charge on any atom is -0.484 e. The fraction of sp³-hybridized carbons (Fsp3) is 0.619. The average Bonchev–Trinajstić information content (AvgIpc) is 2.67. The van der Waals surface area contributed by atoms with E-state index in [2.05, 4.69) is 19.2 Å². The van der Waals surface area contributed by atoms with E-state index in [1.54, 1.807) is 38.3 Å². The molecular formula is C21H32N2O4. The van der Waals surface area contributed by atoms with Crippen molar-refractivity contribution in [3.63, 3.8) is 0 Å². The molecule has 1 aliphatic heterocycles. The molecule has 1 aliphatic rings. The van der Waals surface area contributed by atoms with Gasteiger partial charge in [0.05, 0.1) is 0 Å². The van der Waals surface area contributed by atoms with Crippen LogP contribution in [-0.2, 0) is 14.3 Å². The van der Waals surface area contributed by atoms with Crippen molar-refractivity contribution in [1.82, 2.24) is 4.90 Å². The lowest BCUT2D eigenvalue weighted by Gasteiger charge is -2.28. The molecule has 0 bridgehead atoms. The molecule has 0 aromatic heterocycles. The molecule has 27 heavy (non-hydrogen) atoms. The van der Waals surface area contributed by atoms with Crippen molar-refractivity contribution in [1.29, 1.82) is 0 Å². The molecule has 0 radical (unpaired) electrons. The molecule has 0 saturated carbocycles. The van der Waals surface area contributed by atoms with Gasteiger partial charge >= 0.3 is 0 Å². The second-order valence-corrected chi connectivity index (χ2v) is 7.74. The van der Waals surface area contributed by atoms with Crippen molar-refractivity contribution in [3.05, 3.63) is 24.3 Å². The number of amides is 2. The largest absolute Gasteiger partial charge is 0.484 e. The standard InChI is InChI=1S/C21H32N2O4/c1-16(2)14-21(3,26-4)20(25)22-17-8-10-18(11-9-17)27-15-19(24)23-12-6-5-7-13-23/h8-11,16H,5-7,12-15H2,1-4H3,(H,22,25)/t21-/m0/s1. The lowest BCUT2D eigenvalue weighted by atomic mass is 9.93. The molecule has 6 heteroatoms. The number of nitrogens with one attached hydrogen (secondary N) is 1. The van der Waals surface area contributed by atoms with Crippen LogP contribution in [0.3, 0.4) is 0 Å². The number of hydrogen-bond acceptors (Lipinski definition) is 4. The number of methoxy groups -OCH3 is 1. The van der Waals surface area contributed by atoms with E-state index >= 15 is 0 Å². The first kappa shape index (κ1) is 21.2. The molecule has 0 aliphatic carbocycles. The molecule has 1 heterocycles. The summed E-state index contributed by atoms with van der Waals surface area (Å²) < 4.78 is 11.0. The summed E-state index contributed by atoms with van der Waals surface area (Å²) >= 11 is 0. The van der Waals surface area contributed by atoms with Crippen LogP contribution in [0.1, 0.15) is 46.5 Å². The predicted octanol–water partition coefficient (Wildman–Crippen LogP) is 3.47. The molecular weight excluding hydrogens is 344 g/mol. The van der Waals surface area contributed by atoms with E-state index < -0.39 is 5.60 Å². The quantitative estimate of drug-likeness (QED) is 0.754. The van der Waals surface area contributed by atoms with Gasteiger partial charge in [-0.25, -0.2) is 0 Å². The Bertz CT molecular complexity index is 624. The third kappa shape index (κ3) is 6.24. The van der Waals surface area contributed by atoms with Gasteiger partial charge in [0.1, 0.15) is 11.4 Å². The van der Waals surface area contributed by atoms with Crippen LogP contribution in [0.25, 0.3) is 0 Å². The van der Waals surface area contributed by atoms with Gasteiger partial charge in [0.25, 0.3) is 11.8 Å². The van der Waals surface area contributed by atoms with E-state index in [9.17, 15) is 9.59 Å². The Balaban J connectivity index is 1.87. The van der Waals surface area contributed by atoms with E-state index in [1.807, 2.05) is 4.90 Å². The number of nitrogens with zero attached hydrogens (tertiary/aromatic N) is 1. The van der Waals surface area contributed by atoms with Crippen LogP contribution in [0, 0.1) is 5.92 Å². The normalized spacial score (nSPS) is 16.7. The highest BCUT2D eigenvalue weighted by molar-refractivity contribution is 5.97. The molecule has 1 saturated heterocycles. The van der Waals surface area contributed by atoms with Gasteiger partial charge in [-0.1, -0.05) is 13.8 Å². The first-order valence-electron chi connectivity index (χ1n) is 9.71. The van der Waals surface area contributed by atoms with Crippen molar-refractivity contribution in [2.45, 2.75) is 52.1 Å². The van der Waals surface area contributed by atoms with Gasteiger partial charge in [-0.15, -0.1) is 0 Å². The molecule has 1 fully saturated rings. The molecule has 2 amide bonds. The zero-order valence-corrected chi connectivity index (χ0v) is 16.9. The number of benzene rings is 1. The molecule has 150 valence electrons. The van der Waals surface area contributed by atoms with Crippen LogP contribution < -0.4 is 10.1 Å². The predicted molar refractivity (Wildman–Crippen MR) is 106 cm³/mol. The van der Waals surface area contributed by atoms with Crippen molar-refractivity contribution >= 4 is 17.5 Å². The van der Waals surface area contributed by atoms with Crippen LogP contribution >= 0.6 is 0 Å². The number of carbonyl (C=O) groups is 2. The van der Waals surface area contributed by atoms with E-state index in [4.69, 9.17) is 9.47 Å². The topological polar surface area (TPSA) is 67.9 Å². The van der Waals surface area contributed by atoms with E-state index in [0.717, 1.165) is 25.9 Å². The number of piperidine rings is 1. The van der Waals surface area contributed by atoms with Crippen molar-refractivity contribution in [2.24, 2.45) is 5.92 Å². The highest BCUT2D eigenvalue weighted by Crippen LogP contribution is 2.23. The Morgan fingerprint density at radius 3 is 2.33 bits per heavy atom. The SMILES string of the molecule is CO[C@@](C)(CC(C)C)C(=O)Nc1ccc(OCC(=O)N2CCCCC2)cc1. The third-order valence-electron chi connectivity index (χ3n) is 4.91. The maximum Gasteiger partial charge on any atom is 0.260 e. The maximum atomic E-state index is 12.6. The summed E-state index contributed by atoms with van der Waals surface area (Å²) in [6.45, 7) is 7.60. The summed E-state index contributed by atoms with van der Waals surface area (Å²) in [4.78, 5) is 26.6. The van der Waals surface area contributed by atoms with E-state index in [-0.39, 0.29) is 18.4 Å². The van der Waals surface area contributed by atoms with Crippen LogP contribution in [0.15, 0.2) is 24.3 Å². The van der Waals surface area contributed by atoms with Gasteiger partial charge < -0.3 is 19.7 Å². The van der Waals surface area contributed by atoms with Gasteiger partial charge in [0, 0.05) is 25.9 Å². The second-order valence-electron chi connectivity index (χ2n) is 7.74. The fourth-order valence-electron chi connectivity index (χ4n) is 3.33. The number of carbonyl (C=O) groups excluding carboxylic acids is 2. The highest BCUT2D eigenvalue weighted by atomic mass is 16.5. The fourth-order valence-corrected chi connectivity index (χ4v) is 3.33. The minimum atomic E-state index is -0.871. The zero-order chi connectivity index (χ0) is 19.9. The Hall–Kier alpha value is -2.08. The number of likely N-dealkylation sites (tertiary alicyclic amines) is 1. The van der Waals surface area contributed by atoms with Gasteiger partial charge in [-0.3, -0.25) is 9.59 Å². The van der Waals surface area contributed by atoms with Crippen LogP contribution in [0.2, 0.25) is 0 Å². The lowest BCUT2D eigenvalue weighted by Crippen LogP contribution is -2.43. The third-order valence-corrected chi connectivity index (χ3v) is 4.91. The summed E-state index contributed by atoms with van der Waals surface area (Å²) in [7, 11) is 1.55.